The number of hydrogen-bond acceptors (Lipinski definition) is 1. The zero-order valence-corrected chi connectivity index (χ0v) is 36.0. The lowest BCUT2D eigenvalue weighted by Gasteiger charge is -2.50. The smallest absolute Gasteiger partial charge is 0.0748 e. The topological polar surface area (TPSA) is 8.17 Å². The number of nitrogens with zero attached hydrogens (tertiary/aromatic N) is 2. The van der Waals surface area contributed by atoms with Crippen LogP contribution in [0.15, 0.2) is 206 Å². The third-order valence-electron chi connectivity index (χ3n) is 15.0. The fourth-order valence-electron chi connectivity index (χ4n) is 12.2. The van der Waals surface area contributed by atoms with Crippen molar-refractivity contribution in [3.63, 3.8) is 0 Å². The molecule has 1 spiro atoms. The summed E-state index contributed by atoms with van der Waals surface area (Å²) in [5.74, 6) is 0. The van der Waals surface area contributed by atoms with Crippen LogP contribution in [0.5, 0.6) is 0 Å². The van der Waals surface area contributed by atoms with Gasteiger partial charge in [-0.15, -0.1) is 0 Å². The van der Waals surface area contributed by atoms with Crippen LogP contribution in [0.4, 0.5) is 17.1 Å². The molecule has 0 fully saturated rings. The molecule has 13 rings (SSSR count). The maximum atomic E-state index is 2.53. The highest BCUT2D eigenvalue weighted by Gasteiger charge is 2.52. The summed E-state index contributed by atoms with van der Waals surface area (Å²) < 4.78 is 2.53. The molecule has 63 heavy (non-hydrogen) atoms. The Bertz CT molecular complexity index is 3510. The van der Waals surface area contributed by atoms with E-state index in [9.17, 15) is 0 Å². The Kier molecular flexibility index (Phi) is 7.37. The minimum absolute atomic E-state index is 0.0893. The molecular formula is C61H46N2. The number of hydrogen-bond donors (Lipinski definition) is 0. The van der Waals surface area contributed by atoms with Gasteiger partial charge in [-0.3, -0.25) is 0 Å². The molecule has 2 nitrogen and oxygen atoms in total. The molecule has 0 amide bonds. The van der Waals surface area contributed by atoms with E-state index in [1.165, 1.54) is 94.3 Å². The zero-order valence-electron chi connectivity index (χ0n) is 36.0. The van der Waals surface area contributed by atoms with Crippen LogP contribution in [0.2, 0.25) is 0 Å². The number of fused-ring (bicyclic) bond motifs is 14. The maximum absolute atomic E-state index is 2.53. The molecule has 9 aromatic carbocycles. The lowest BCUT2D eigenvalue weighted by atomic mass is 9.53. The lowest BCUT2D eigenvalue weighted by molar-refractivity contribution is 0.556. The first kappa shape index (κ1) is 36.3. The van der Waals surface area contributed by atoms with Crippen LogP contribution in [0.1, 0.15) is 72.2 Å². The molecule has 3 aliphatic rings. The van der Waals surface area contributed by atoms with Crippen molar-refractivity contribution in [2.75, 3.05) is 4.90 Å². The van der Waals surface area contributed by atoms with Gasteiger partial charge in [-0.05, 0) is 121 Å². The molecule has 0 saturated heterocycles. The van der Waals surface area contributed by atoms with Crippen molar-refractivity contribution in [3.05, 3.63) is 251 Å². The summed E-state index contributed by atoms with van der Waals surface area (Å²) in [4.78, 5) is 2.41. The second-order valence-electron chi connectivity index (χ2n) is 18.9. The molecule has 2 aliphatic carbocycles. The Balaban J connectivity index is 1.00. The molecule has 1 unspecified atom stereocenters. The Labute approximate surface area is 369 Å². The Morgan fingerprint density at radius 2 is 0.921 bits per heavy atom. The zero-order chi connectivity index (χ0) is 42.2. The van der Waals surface area contributed by atoms with E-state index in [1.807, 2.05) is 0 Å². The molecule has 0 radical (unpaired) electrons. The van der Waals surface area contributed by atoms with Crippen LogP contribution >= 0.6 is 0 Å². The van der Waals surface area contributed by atoms with Crippen molar-refractivity contribution in [3.8, 4) is 27.9 Å². The van der Waals surface area contributed by atoms with Gasteiger partial charge in [0.1, 0.15) is 0 Å². The summed E-state index contributed by atoms with van der Waals surface area (Å²) in [5, 5.41) is 2.59. The quantitative estimate of drug-likeness (QED) is 0.172. The van der Waals surface area contributed by atoms with Crippen LogP contribution in [-0.4, -0.2) is 4.57 Å². The van der Waals surface area contributed by atoms with Gasteiger partial charge < -0.3 is 9.47 Å². The van der Waals surface area contributed by atoms with Crippen molar-refractivity contribution in [2.45, 2.75) is 43.9 Å². The standard InChI is InChI=1S/C61H46N2/c1-59(2)48-22-10-8-19-44(48)45-35-34-43(38-54(45)59)62(41-17-6-5-7-18-41)42-32-29-39(30-33-42)40-31-36-50-55(37-40)61(51-24-12-11-23-49(51)60(50,3)4)52-25-13-15-28-57(52)63-56-27-14-9-20-46(56)47-21-16-26-53(61)58(47)63/h5-38H,1-4H3. The SMILES string of the molecule is CC1(C)c2ccccc2-c2ccc(N(c3ccccc3)c3ccc(-c4ccc5c(c4)C4(c6ccccc6-n6c7ccccc7c7cccc4c76)c4ccccc4C5(C)C)cc3)cc21. The first-order chi connectivity index (χ1) is 30.8. The summed E-state index contributed by atoms with van der Waals surface area (Å²) in [6, 6.07) is 77.7. The molecule has 2 heteroatoms. The van der Waals surface area contributed by atoms with E-state index in [2.05, 4.69) is 243 Å². The van der Waals surface area contributed by atoms with Gasteiger partial charge in [-0.25, -0.2) is 0 Å². The highest BCUT2D eigenvalue weighted by Crippen LogP contribution is 2.61. The average molecular weight is 807 g/mol. The minimum Gasteiger partial charge on any atom is -0.310 e. The summed E-state index contributed by atoms with van der Waals surface area (Å²) in [6.07, 6.45) is 0. The van der Waals surface area contributed by atoms with Crippen LogP contribution in [0.3, 0.4) is 0 Å². The molecule has 2 heterocycles. The number of benzene rings is 9. The van der Waals surface area contributed by atoms with Crippen molar-refractivity contribution in [2.24, 2.45) is 0 Å². The molecule has 0 bridgehead atoms. The first-order valence-corrected chi connectivity index (χ1v) is 22.4. The number of rotatable bonds is 4. The van der Waals surface area contributed by atoms with Gasteiger partial charge in [-0.2, -0.15) is 0 Å². The largest absolute Gasteiger partial charge is 0.310 e. The Morgan fingerprint density at radius 1 is 0.349 bits per heavy atom. The monoisotopic (exact) mass is 806 g/mol. The first-order valence-electron chi connectivity index (χ1n) is 22.4. The summed E-state index contributed by atoms with van der Waals surface area (Å²) in [5.41, 5.74) is 22.4. The molecule has 0 saturated carbocycles. The van der Waals surface area contributed by atoms with E-state index in [-0.39, 0.29) is 10.8 Å². The molecule has 10 aromatic rings. The van der Waals surface area contributed by atoms with E-state index in [0.29, 0.717) is 0 Å². The van der Waals surface area contributed by atoms with Gasteiger partial charge in [0.25, 0.3) is 0 Å². The van der Waals surface area contributed by atoms with E-state index in [0.717, 1.165) is 17.1 Å². The summed E-state index contributed by atoms with van der Waals surface area (Å²) in [7, 11) is 0. The van der Waals surface area contributed by atoms with Gasteiger partial charge in [0.2, 0.25) is 0 Å². The predicted octanol–water partition coefficient (Wildman–Crippen LogP) is 15.6. The predicted molar refractivity (Wildman–Crippen MR) is 262 cm³/mol. The van der Waals surface area contributed by atoms with Crippen LogP contribution in [-0.2, 0) is 16.2 Å². The van der Waals surface area contributed by atoms with Crippen molar-refractivity contribution >= 4 is 38.9 Å². The van der Waals surface area contributed by atoms with Crippen molar-refractivity contribution in [1.82, 2.24) is 4.57 Å². The second kappa shape index (κ2) is 12.8. The Hall–Kier alpha value is -7.42. The van der Waals surface area contributed by atoms with Crippen molar-refractivity contribution < 1.29 is 0 Å². The second-order valence-corrected chi connectivity index (χ2v) is 18.9. The highest BCUT2D eigenvalue weighted by molar-refractivity contribution is 6.12. The van der Waals surface area contributed by atoms with E-state index in [4.69, 9.17) is 0 Å². The number of anilines is 3. The van der Waals surface area contributed by atoms with Gasteiger partial charge in [0.05, 0.1) is 22.1 Å². The van der Waals surface area contributed by atoms with Gasteiger partial charge in [0.15, 0.2) is 0 Å². The molecule has 1 aromatic heterocycles. The molecule has 1 aliphatic heterocycles. The van der Waals surface area contributed by atoms with Crippen molar-refractivity contribution in [1.29, 1.82) is 0 Å². The third-order valence-corrected chi connectivity index (χ3v) is 15.0. The maximum Gasteiger partial charge on any atom is 0.0748 e. The summed E-state index contributed by atoms with van der Waals surface area (Å²) in [6.45, 7) is 9.54. The van der Waals surface area contributed by atoms with E-state index < -0.39 is 5.41 Å². The Morgan fingerprint density at radius 3 is 1.75 bits per heavy atom. The van der Waals surface area contributed by atoms with E-state index in [1.54, 1.807) is 0 Å². The number of para-hydroxylation sites is 4. The molecule has 0 N–H and O–H groups in total. The fourth-order valence-corrected chi connectivity index (χ4v) is 12.2. The molecular weight excluding hydrogens is 761 g/mol. The normalized spacial score (nSPS) is 16.9. The van der Waals surface area contributed by atoms with Crippen LogP contribution < -0.4 is 4.90 Å². The third kappa shape index (κ3) is 4.73. The van der Waals surface area contributed by atoms with E-state index >= 15 is 0 Å². The van der Waals surface area contributed by atoms with Gasteiger partial charge in [-0.1, -0.05) is 179 Å². The van der Waals surface area contributed by atoms with Gasteiger partial charge in [0, 0.05) is 38.7 Å². The fraction of sp³-hybridized carbons (Fsp3) is 0.115. The highest BCUT2D eigenvalue weighted by atomic mass is 15.1. The minimum atomic E-state index is -0.539. The molecule has 1 atom stereocenters. The van der Waals surface area contributed by atoms with Crippen LogP contribution in [0, 0.1) is 0 Å². The number of aromatic nitrogens is 1. The molecule has 300 valence electrons. The van der Waals surface area contributed by atoms with Crippen LogP contribution in [0.25, 0.3) is 49.7 Å². The van der Waals surface area contributed by atoms with Gasteiger partial charge >= 0.3 is 0 Å². The average Bonchev–Trinajstić information content (AvgIpc) is 3.78. The summed E-state index contributed by atoms with van der Waals surface area (Å²) >= 11 is 0. The lowest BCUT2D eigenvalue weighted by Crippen LogP contribution is -2.44.